The normalized spacial score (nSPS) is 18.5. The van der Waals surface area contributed by atoms with E-state index in [0.717, 1.165) is 0 Å². The van der Waals surface area contributed by atoms with Crippen molar-refractivity contribution in [1.29, 1.82) is 0 Å². The Bertz CT molecular complexity index is 879. The van der Waals surface area contributed by atoms with Gasteiger partial charge in [-0.3, -0.25) is 0 Å². The van der Waals surface area contributed by atoms with Crippen molar-refractivity contribution in [2.24, 2.45) is 0 Å². The molecule has 1 heteroatoms. The molecule has 0 spiro atoms. The highest BCUT2D eigenvalue weighted by Crippen LogP contribution is 2.50. The number of rotatable bonds is 1. The smallest absolute Gasteiger partial charge is 0.0417 e. The second-order valence-electron chi connectivity index (χ2n) is 7.07. The number of hydrogen-bond acceptors (Lipinski definition) is 1. The van der Waals surface area contributed by atoms with E-state index in [9.17, 15) is 0 Å². The van der Waals surface area contributed by atoms with Crippen LogP contribution in [0.3, 0.4) is 0 Å². The molecule has 2 aliphatic rings. The summed E-state index contributed by atoms with van der Waals surface area (Å²) < 4.78 is 0. The van der Waals surface area contributed by atoms with Gasteiger partial charge in [-0.1, -0.05) is 66.7 Å². The zero-order valence-electron chi connectivity index (χ0n) is 13.9. The molecule has 1 N–H and O–H groups in total. The Balaban J connectivity index is 1.76. The summed E-state index contributed by atoms with van der Waals surface area (Å²) in [7, 11) is 0. The summed E-state index contributed by atoms with van der Waals surface area (Å²) >= 11 is 0. The van der Waals surface area contributed by atoms with Crippen LogP contribution in [-0.2, 0) is 6.42 Å². The summed E-state index contributed by atoms with van der Waals surface area (Å²) in [4.78, 5) is 0. The Labute approximate surface area is 143 Å². The van der Waals surface area contributed by atoms with Gasteiger partial charge in [-0.05, 0) is 53.1 Å². The van der Waals surface area contributed by atoms with Crippen molar-refractivity contribution in [2.75, 3.05) is 5.32 Å². The van der Waals surface area contributed by atoms with Gasteiger partial charge in [0.15, 0.2) is 0 Å². The predicted molar refractivity (Wildman–Crippen MR) is 101 cm³/mol. The van der Waals surface area contributed by atoms with E-state index in [0.29, 0.717) is 12.0 Å². The van der Waals surface area contributed by atoms with Gasteiger partial charge in [0, 0.05) is 17.6 Å². The molecule has 0 saturated carbocycles. The fourth-order valence-corrected chi connectivity index (χ4v) is 4.43. The fraction of sp³-hybridized carbons (Fsp3) is 0.217. The van der Waals surface area contributed by atoms with Gasteiger partial charge in [-0.15, -0.1) is 0 Å². The Hall–Kier alpha value is -2.54. The lowest BCUT2D eigenvalue weighted by atomic mass is 9.85. The van der Waals surface area contributed by atoms with Crippen LogP contribution in [0.1, 0.15) is 41.5 Å². The number of anilines is 1. The third-order valence-electron chi connectivity index (χ3n) is 5.57. The largest absolute Gasteiger partial charge is 0.382 e. The molecule has 1 aliphatic carbocycles. The molecule has 1 unspecified atom stereocenters. The number of fused-ring (bicyclic) bond motifs is 4. The quantitative estimate of drug-likeness (QED) is 0.483. The second-order valence-corrected chi connectivity index (χ2v) is 7.07. The number of nitrogens with one attached hydrogen (secondary N) is 1. The van der Waals surface area contributed by atoms with E-state index in [1.54, 1.807) is 0 Å². The number of aryl methyl sites for hydroxylation is 1. The van der Waals surface area contributed by atoms with E-state index < -0.39 is 0 Å². The van der Waals surface area contributed by atoms with Crippen molar-refractivity contribution >= 4 is 5.69 Å². The van der Waals surface area contributed by atoms with Crippen LogP contribution in [0.15, 0.2) is 66.7 Å². The Kier molecular flexibility index (Phi) is 3.02. The summed E-state index contributed by atoms with van der Waals surface area (Å²) in [5.74, 6) is 0.338. The molecule has 24 heavy (non-hydrogen) atoms. The van der Waals surface area contributed by atoms with Crippen LogP contribution in [0.4, 0.5) is 5.69 Å². The predicted octanol–water partition coefficient (Wildman–Crippen LogP) is 5.59. The average Bonchev–Trinajstić information content (AvgIpc) is 2.96. The average molecular weight is 311 g/mol. The molecule has 1 atom stereocenters. The zero-order valence-corrected chi connectivity index (χ0v) is 13.9. The van der Waals surface area contributed by atoms with Crippen LogP contribution >= 0.6 is 0 Å². The molecule has 1 nitrogen and oxygen atoms in total. The van der Waals surface area contributed by atoms with Crippen molar-refractivity contribution in [1.82, 2.24) is 0 Å². The van der Waals surface area contributed by atoms with Gasteiger partial charge in [0.05, 0.1) is 0 Å². The molecule has 118 valence electrons. The van der Waals surface area contributed by atoms with Crippen LogP contribution in [0.25, 0.3) is 11.1 Å². The molecule has 0 aromatic heterocycles. The molecule has 5 rings (SSSR count). The lowest BCUT2D eigenvalue weighted by Gasteiger charge is -2.29. The highest BCUT2D eigenvalue weighted by molar-refractivity contribution is 5.82. The molecule has 0 radical (unpaired) electrons. The van der Waals surface area contributed by atoms with E-state index in [-0.39, 0.29) is 0 Å². The first-order valence-electron chi connectivity index (χ1n) is 8.89. The van der Waals surface area contributed by atoms with Crippen molar-refractivity contribution in [3.8, 4) is 11.1 Å². The number of benzene rings is 3. The summed E-state index contributed by atoms with van der Waals surface area (Å²) in [5, 5.41) is 3.77. The van der Waals surface area contributed by atoms with Gasteiger partial charge >= 0.3 is 0 Å². The molecule has 3 aromatic rings. The standard InChI is InChI=1S/C23H21N/c1-15-13-14-16-7-6-12-21(23(16)24-15)22-19-10-4-2-8-17(19)18-9-3-5-11-20(18)22/h2-12,15,22,24H,13-14H2,1H3. The van der Waals surface area contributed by atoms with Crippen LogP contribution in [-0.4, -0.2) is 6.04 Å². The third kappa shape index (κ3) is 1.94. The van der Waals surface area contributed by atoms with Crippen LogP contribution < -0.4 is 5.32 Å². The van der Waals surface area contributed by atoms with Crippen molar-refractivity contribution in [3.05, 3.63) is 89.0 Å². The molecule has 3 aromatic carbocycles. The van der Waals surface area contributed by atoms with Gasteiger partial charge in [-0.25, -0.2) is 0 Å². The maximum absolute atomic E-state index is 3.77. The maximum atomic E-state index is 3.77. The summed E-state index contributed by atoms with van der Waals surface area (Å²) in [6, 6.07) is 25.1. The number of para-hydroxylation sites is 1. The van der Waals surface area contributed by atoms with Crippen LogP contribution in [0, 0.1) is 0 Å². The van der Waals surface area contributed by atoms with Crippen molar-refractivity contribution in [3.63, 3.8) is 0 Å². The lowest BCUT2D eigenvalue weighted by molar-refractivity contribution is 0.677. The van der Waals surface area contributed by atoms with Crippen LogP contribution in [0.2, 0.25) is 0 Å². The van der Waals surface area contributed by atoms with Gasteiger partial charge < -0.3 is 5.32 Å². The highest BCUT2D eigenvalue weighted by atomic mass is 14.9. The SMILES string of the molecule is CC1CCc2cccc(C3c4ccccc4-c4ccccc43)c2N1. The summed E-state index contributed by atoms with van der Waals surface area (Å²) in [6.07, 6.45) is 2.39. The van der Waals surface area contributed by atoms with E-state index in [2.05, 4.69) is 79.0 Å². The molecule has 0 amide bonds. The minimum atomic E-state index is 0.338. The topological polar surface area (TPSA) is 12.0 Å². The zero-order chi connectivity index (χ0) is 16.1. The molecular weight excluding hydrogens is 290 g/mol. The van der Waals surface area contributed by atoms with Gasteiger partial charge in [0.1, 0.15) is 0 Å². The minimum absolute atomic E-state index is 0.338. The second kappa shape index (κ2) is 5.24. The van der Waals surface area contributed by atoms with Crippen molar-refractivity contribution in [2.45, 2.75) is 31.7 Å². The first kappa shape index (κ1) is 13.9. The van der Waals surface area contributed by atoms with Crippen molar-refractivity contribution < 1.29 is 0 Å². The first-order chi connectivity index (χ1) is 11.8. The molecule has 0 saturated heterocycles. The van der Waals surface area contributed by atoms with E-state index in [4.69, 9.17) is 0 Å². The lowest BCUT2D eigenvalue weighted by Crippen LogP contribution is -2.23. The highest BCUT2D eigenvalue weighted by Gasteiger charge is 2.32. The fourth-order valence-electron chi connectivity index (χ4n) is 4.43. The van der Waals surface area contributed by atoms with E-state index in [1.165, 1.54) is 51.9 Å². The third-order valence-corrected chi connectivity index (χ3v) is 5.57. The molecule has 0 fully saturated rings. The van der Waals surface area contributed by atoms with E-state index in [1.807, 2.05) is 0 Å². The van der Waals surface area contributed by atoms with Gasteiger partial charge in [0.2, 0.25) is 0 Å². The molecule has 1 heterocycles. The van der Waals surface area contributed by atoms with Crippen LogP contribution in [0.5, 0.6) is 0 Å². The van der Waals surface area contributed by atoms with E-state index >= 15 is 0 Å². The molecule has 1 aliphatic heterocycles. The number of hydrogen-bond donors (Lipinski definition) is 1. The summed E-state index contributed by atoms with van der Waals surface area (Å²) in [6.45, 7) is 2.29. The Morgan fingerprint density at radius 2 is 1.38 bits per heavy atom. The van der Waals surface area contributed by atoms with Gasteiger partial charge in [-0.2, -0.15) is 0 Å². The summed E-state index contributed by atoms with van der Waals surface area (Å²) in [5.41, 5.74) is 9.91. The molecule has 0 bridgehead atoms. The minimum Gasteiger partial charge on any atom is -0.382 e. The Morgan fingerprint density at radius 3 is 2.08 bits per heavy atom. The maximum Gasteiger partial charge on any atom is 0.0417 e. The van der Waals surface area contributed by atoms with Gasteiger partial charge in [0.25, 0.3) is 0 Å². The Morgan fingerprint density at radius 1 is 0.750 bits per heavy atom. The molecular formula is C23H21N. The monoisotopic (exact) mass is 311 g/mol. The first-order valence-corrected chi connectivity index (χ1v) is 8.89.